The van der Waals surface area contributed by atoms with E-state index in [2.05, 4.69) is 0 Å². The molecule has 0 spiro atoms. The van der Waals surface area contributed by atoms with Crippen LogP contribution in [-0.4, -0.2) is 11.7 Å². The van der Waals surface area contributed by atoms with Gasteiger partial charge < -0.3 is 5.73 Å². The highest BCUT2D eigenvalue weighted by molar-refractivity contribution is 5.05. The summed E-state index contributed by atoms with van der Waals surface area (Å²) < 4.78 is 11.8. The largest absolute Gasteiger partial charge is 0.323 e. The average Bonchev–Trinajstić information content (AvgIpc) is 1.73. The van der Waals surface area contributed by atoms with Crippen molar-refractivity contribution in [1.29, 1.82) is 0 Å². The first-order chi connectivity index (χ1) is 2.63. The minimum absolute atomic E-state index is 0.458. The van der Waals surface area contributed by atoms with Gasteiger partial charge in [-0.1, -0.05) is 0 Å². The van der Waals surface area contributed by atoms with E-state index in [0.717, 1.165) is 0 Å². The molecule has 0 aromatic heterocycles. The molecule has 0 aromatic carbocycles. The summed E-state index contributed by atoms with van der Waals surface area (Å²) in [6.45, 7) is 1.72. The maximum Gasteiger partial charge on any atom is 0.120 e. The van der Waals surface area contributed by atoms with Crippen molar-refractivity contribution in [2.45, 2.75) is 25.1 Å². The minimum atomic E-state index is -0.725. The SMILES string of the molecule is C[C@]1(N)C[C@H]1F. The van der Waals surface area contributed by atoms with Crippen LogP contribution in [0.1, 0.15) is 13.3 Å². The second kappa shape index (κ2) is 0.757. The van der Waals surface area contributed by atoms with Crippen molar-refractivity contribution in [2.75, 3.05) is 0 Å². The van der Waals surface area contributed by atoms with E-state index in [1.165, 1.54) is 0 Å². The van der Waals surface area contributed by atoms with Gasteiger partial charge in [0, 0.05) is 12.0 Å². The molecule has 2 heteroatoms. The van der Waals surface area contributed by atoms with Crippen LogP contribution in [-0.2, 0) is 0 Å². The first-order valence-electron chi connectivity index (χ1n) is 2.06. The van der Waals surface area contributed by atoms with Gasteiger partial charge in [0.05, 0.1) is 0 Å². The highest BCUT2D eigenvalue weighted by Crippen LogP contribution is 2.35. The van der Waals surface area contributed by atoms with E-state index in [1.807, 2.05) is 0 Å². The van der Waals surface area contributed by atoms with Crippen LogP contribution in [0.25, 0.3) is 0 Å². The Hall–Kier alpha value is -0.110. The summed E-state index contributed by atoms with van der Waals surface area (Å²) in [4.78, 5) is 0. The third kappa shape index (κ3) is 0.411. The van der Waals surface area contributed by atoms with Gasteiger partial charge in [-0.05, 0) is 6.92 Å². The van der Waals surface area contributed by atoms with Crippen molar-refractivity contribution in [3.63, 3.8) is 0 Å². The molecule has 0 aliphatic heterocycles. The highest BCUT2D eigenvalue weighted by Gasteiger charge is 2.47. The molecule has 0 aromatic rings. The van der Waals surface area contributed by atoms with Crippen LogP contribution in [0.2, 0.25) is 0 Å². The molecule has 0 unspecified atom stereocenters. The zero-order chi connectivity index (χ0) is 4.78. The van der Waals surface area contributed by atoms with Gasteiger partial charge in [-0.25, -0.2) is 4.39 Å². The summed E-state index contributed by atoms with van der Waals surface area (Å²) in [6, 6.07) is 0. The number of alkyl halides is 1. The number of rotatable bonds is 0. The molecule has 0 radical (unpaired) electrons. The Morgan fingerprint density at radius 2 is 2.17 bits per heavy atom. The van der Waals surface area contributed by atoms with Crippen LogP contribution in [0.3, 0.4) is 0 Å². The minimum Gasteiger partial charge on any atom is -0.323 e. The van der Waals surface area contributed by atoms with Gasteiger partial charge >= 0.3 is 0 Å². The molecule has 1 rings (SSSR count). The molecular weight excluding hydrogens is 81.0 g/mol. The fourth-order valence-corrected chi connectivity index (χ4v) is 0.327. The van der Waals surface area contributed by atoms with Gasteiger partial charge in [-0.2, -0.15) is 0 Å². The third-order valence-electron chi connectivity index (χ3n) is 1.17. The van der Waals surface area contributed by atoms with E-state index in [-0.39, 0.29) is 0 Å². The van der Waals surface area contributed by atoms with Crippen molar-refractivity contribution in [3.05, 3.63) is 0 Å². The van der Waals surface area contributed by atoms with Crippen LogP contribution in [0.5, 0.6) is 0 Å². The predicted octanol–water partition coefficient (Wildman–Crippen LogP) is 0.446. The molecule has 1 nitrogen and oxygen atoms in total. The van der Waals surface area contributed by atoms with Crippen LogP contribution >= 0.6 is 0 Å². The molecular formula is C4H8FN. The first-order valence-corrected chi connectivity index (χ1v) is 2.06. The lowest BCUT2D eigenvalue weighted by molar-refractivity contribution is 0.432. The normalized spacial score (nSPS) is 55.5. The molecule has 36 valence electrons. The topological polar surface area (TPSA) is 26.0 Å². The Balaban J connectivity index is 2.41. The van der Waals surface area contributed by atoms with E-state index < -0.39 is 11.7 Å². The molecule has 1 aliphatic rings. The first kappa shape index (κ1) is 4.06. The maximum absolute atomic E-state index is 11.8. The number of hydrogen-bond donors (Lipinski definition) is 1. The van der Waals surface area contributed by atoms with Crippen LogP contribution < -0.4 is 5.73 Å². The zero-order valence-electron chi connectivity index (χ0n) is 3.74. The lowest BCUT2D eigenvalue weighted by Crippen LogP contribution is -2.19. The van der Waals surface area contributed by atoms with Crippen LogP contribution in [0.4, 0.5) is 4.39 Å². The summed E-state index contributed by atoms with van der Waals surface area (Å²) in [5.41, 5.74) is 4.78. The Morgan fingerprint density at radius 3 is 2.17 bits per heavy atom. The Morgan fingerprint density at radius 1 is 2.00 bits per heavy atom. The van der Waals surface area contributed by atoms with E-state index in [9.17, 15) is 4.39 Å². The number of halogens is 1. The molecule has 6 heavy (non-hydrogen) atoms. The summed E-state index contributed by atoms with van der Waals surface area (Å²) in [7, 11) is 0. The molecule has 1 fully saturated rings. The maximum atomic E-state index is 11.8. The van der Waals surface area contributed by atoms with Gasteiger partial charge in [0.1, 0.15) is 6.17 Å². The van der Waals surface area contributed by atoms with Gasteiger partial charge in [0.25, 0.3) is 0 Å². The fourth-order valence-electron chi connectivity index (χ4n) is 0.327. The van der Waals surface area contributed by atoms with Gasteiger partial charge in [-0.15, -0.1) is 0 Å². The fraction of sp³-hybridized carbons (Fsp3) is 1.00. The molecule has 0 bridgehead atoms. The Kier molecular flexibility index (Phi) is 0.512. The quantitative estimate of drug-likeness (QED) is 0.458. The van der Waals surface area contributed by atoms with E-state index >= 15 is 0 Å². The monoisotopic (exact) mass is 89.1 g/mol. The molecule has 1 saturated carbocycles. The zero-order valence-corrected chi connectivity index (χ0v) is 3.74. The smallest absolute Gasteiger partial charge is 0.120 e. The predicted molar refractivity (Wildman–Crippen MR) is 22.1 cm³/mol. The van der Waals surface area contributed by atoms with Gasteiger partial charge in [-0.3, -0.25) is 0 Å². The summed E-state index contributed by atoms with van der Waals surface area (Å²) in [5, 5.41) is 0. The van der Waals surface area contributed by atoms with Crippen molar-refractivity contribution in [1.82, 2.24) is 0 Å². The Labute approximate surface area is 36.3 Å². The van der Waals surface area contributed by atoms with Crippen LogP contribution in [0.15, 0.2) is 0 Å². The molecule has 2 atom stereocenters. The Bertz CT molecular complexity index is 69.9. The summed E-state index contributed by atoms with van der Waals surface area (Å²) in [5.74, 6) is 0. The number of hydrogen-bond acceptors (Lipinski definition) is 1. The summed E-state index contributed by atoms with van der Waals surface area (Å²) in [6.07, 6.45) is -0.176. The molecule has 1 aliphatic carbocycles. The third-order valence-corrected chi connectivity index (χ3v) is 1.17. The van der Waals surface area contributed by atoms with Gasteiger partial charge in [0.2, 0.25) is 0 Å². The highest BCUT2D eigenvalue weighted by atomic mass is 19.1. The summed E-state index contributed by atoms with van der Waals surface area (Å²) >= 11 is 0. The van der Waals surface area contributed by atoms with Crippen molar-refractivity contribution < 1.29 is 4.39 Å². The average molecular weight is 89.1 g/mol. The standard InChI is InChI=1S/C4H8FN/c1-4(6)2-3(4)5/h3H,2,6H2,1H3/t3-,4+/m1/s1. The van der Waals surface area contributed by atoms with Gasteiger partial charge in [0.15, 0.2) is 0 Å². The molecule has 0 amide bonds. The van der Waals surface area contributed by atoms with E-state index in [1.54, 1.807) is 6.92 Å². The van der Waals surface area contributed by atoms with Crippen LogP contribution in [0, 0.1) is 0 Å². The van der Waals surface area contributed by atoms with Crippen molar-refractivity contribution >= 4 is 0 Å². The number of nitrogens with two attached hydrogens (primary N) is 1. The molecule has 0 saturated heterocycles. The lowest BCUT2D eigenvalue weighted by atomic mass is 10.4. The molecule has 2 N–H and O–H groups in total. The second-order valence-electron chi connectivity index (χ2n) is 2.18. The lowest BCUT2D eigenvalue weighted by Gasteiger charge is -1.90. The second-order valence-corrected chi connectivity index (χ2v) is 2.18. The van der Waals surface area contributed by atoms with E-state index in [0.29, 0.717) is 6.42 Å². The van der Waals surface area contributed by atoms with Crippen molar-refractivity contribution in [2.24, 2.45) is 5.73 Å². The van der Waals surface area contributed by atoms with Crippen molar-refractivity contribution in [3.8, 4) is 0 Å². The molecule has 0 heterocycles. The van der Waals surface area contributed by atoms with E-state index in [4.69, 9.17) is 5.73 Å².